The van der Waals surface area contributed by atoms with Gasteiger partial charge in [0.1, 0.15) is 30.0 Å². The molecule has 2 aliphatic rings. The van der Waals surface area contributed by atoms with Crippen molar-refractivity contribution in [2.24, 2.45) is 5.92 Å². The molecule has 2 atom stereocenters. The van der Waals surface area contributed by atoms with Crippen LogP contribution in [-0.2, 0) is 4.74 Å². The van der Waals surface area contributed by atoms with Crippen molar-refractivity contribution in [3.63, 3.8) is 0 Å². The summed E-state index contributed by atoms with van der Waals surface area (Å²) >= 11 is 0. The Balaban J connectivity index is 1.40. The summed E-state index contributed by atoms with van der Waals surface area (Å²) in [4.78, 5) is 14.8. The lowest BCUT2D eigenvalue weighted by atomic mass is 10.1. The van der Waals surface area contributed by atoms with E-state index in [-0.39, 0.29) is 6.61 Å². The summed E-state index contributed by atoms with van der Waals surface area (Å²) in [5.41, 5.74) is 3.34. The molecule has 3 aromatic rings. The molecule has 2 saturated heterocycles. The molecule has 2 fully saturated rings. The number of aromatic nitrogens is 3. The summed E-state index contributed by atoms with van der Waals surface area (Å²) < 4.78 is 16.9. The van der Waals surface area contributed by atoms with Crippen molar-refractivity contribution < 1.29 is 19.1 Å². The number of aryl methyl sites for hydroxylation is 2. The lowest BCUT2D eigenvalue weighted by Gasteiger charge is -2.36. The van der Waals surface area contributed by atoms with Crippen LogP contribution in [0.25, 0.3) is 22.6 Å². The first-order valence-corrected chi connectivity index (χ1v) is 13.4. The van der Waals surface area contributed by atoms with Crippen LogP contribution < -0.4 is 15.0 Å². The lowest BCUT2D eigenvalue weighted by molar-refractivity contribution is 0.108. The van der Waals surface area contributed by atoms with E-state index in [0.29, 0.717) is 24.0 Å². The molecule has 204 valence electrons. The van der Waals surface area contributed by atoms with E-state index in [0.717, 1.165) is 86.5 Å². The summed E-state index contributed by atoms with van der Waals surface area (Å²) in [5, 5.41) is 17.1. The Morgan fingerprint density at radius 2 is 2.00 bits per heavy atom. The fraction of sp³-hybridized carbons (Fsp3) is 0.536. The lowest BCUT2D eigenvalue weighted by Crippen LogP contribution is -2.48. The highest BCUT2D eigenvalue weighted by Crippen LogP contribution is 2.31. The van der Waals surface area contributed by atoms with Gasteiger partial charge in [0.05, 0.1) is 23.6 Å². The van der Waals surface area contributed by atoms with Gasteiger partial charge in [-0.2, -0.15) is 0 Å². The number of aliphatic hydroxyl groups excluding tert-OH is 1. The predicted molar refractivity (Wildman–Crippen MR) is 145 cm³/mol. The van der Waals surface area contributed by atoms with Crippen LogP contribution in [0.1, 0.15) is 17.9 Å². The summed E-state index contributed by atoms with van der Waals surface area (Å²) in [6.45, 7) is 11.2. The van der Waals surface area contributed by atoms with E-state index in [1.54, 1.807) is 7.05 Å². The molecule has 2 unspecified atom stereocenters. The number of nitrogens with one attached hydrogen (secondary N) is 1. The fourth-order valence-electron chi connectivity index (χ4n) is 5.17. The van der Waals surface area contributed by atoms with Crippen LogP contribution in [-0.4, -0.2) is 97.4 Å². The number of rotatable bonds is 10. The Morgan fingerprint density at radius 3 is 2.71 bits per heavy atom. The third-order valence-electron chi connectivity index (χ3n) is 7.21. The molecule has 0 bridgehead atoms. The molecule has 10 nitrogen and oxygen atoms in total. The van der Waals surface area contributed by atoms with E-state index in [1.165, 1.54) is 0 Å². The van der Waals surface area contributed by atoms with Gasteiger partial charge >= 0.3 is 0 Å². The maximum absolute atomic E-state index is 10.0. The van der Waals surface area contributed by atoms with Crippen LogP contribution in [0.5, 0.6) is 5.75 Å². The smallest absolute Gasteiger partial charge is 0.162 e. The molecule has 0 aliphatic carbocycles. The van der Waals surface area contributed by atoms with Gasteiger partial charge < -0.3 is 29.3 Å². The van der Waals surface area contributed by atoms with Crippen molar-refractivity contribution in [2.75, 3.05) is 71.0 Å². The van der Waals surface area contributed by atoms with E-state index >= 15 is 0 Å². The highest BCUT2D eigenvalue weighted by atomic mass is 16.5. The summed E-state index contributed by atoms with van der Waals surface area (Å²) in [5.74, 6) is 3.55. The molecule has 38 heavy (non-hydrogen) atoms. The monoisotopic (exact) mass is 522 g/mol. The molecule has 0 spiro atoms. The van der Waals surface area contributed by atoms with E-state index in [9.17, 15) is 5.11 Å². The Labute approximate surface area is 224 Å². The molecule has 5 rings (SSSR count). The Bertz CT molecular complexity index is 1180. The number of benzene rings is 1. The Kier molecular flexibility index (Phi) is 8.53. The molecular weight excluding hydrogens is 484 g/mol. The van der Waals surface area contributed by atoms with E-state index in [4.69, 9.17) is 24.0 Å². The normalized spacial score (nSPS) is 19.2. The van der Waals surface area contributed by atoms with Gasteiger partial charge in [0.15, 0.2) is 5.82 Å². The van der Waals surface area contributed by atoms with Crippen LogP contribution in [0.3, 0.4) is 0 Å². The molecule has 2 aromatic heterocycles. The number of hydrogen-bond acceptors (Lipinski definition) is 10. The van der Waals surface area contributed by atoms with Gasteiger partial charge in [-0.05, 0) is 45.4 Å². The molecule has 2 N–H and O–H groups in total. The van der Waals surface area contributed by atoms with Crippen LogP contribution in [0.4, 0.5) is 5.82 Å². The van der Waals surface area contributed by atoms with Gasteiger partial charge in [-0.1, -0.05) is 17.3 Å². The first-order valence-electron chi connectivity index (χ1n) is 13.4. The minimum atomic E-state index is -0.589. The average molecular weight is 523 g/mol. The van der Waals surface area contributed by atoms with Crippen molar-refractivity contribution in [3.8, 4) is 28.4 Å². The van der Waals surface area contributed by atoms with E-state index < -0.39 is 6.10 Å². The molecule has 0 saturated carbocycles. The number of anilines is 1. The molecular formula is C28H38N6O4. The molecule has 0 radical (unpaired) electrons. The summed E-state index contributed by atoms with van der Waals surface area (Å²) in [6, 6.07) is 9.75. The standard InChI is InChI=1S/C28H38N6O4/c1-19-27(20(2)38-32-19)25-14-26(34-10-8-33(9-11-34)16-21-7-12-36-17-21)31-28(30-25)22-5-4-6-24(13-22)37-18-23(35)15-29-3/h4-6,13-14,21,23,29,35H,7-12,15-18H2,1-3H3. The van der Waals surface area contributed by atoms with Gasteiger partial charge in [0.25, 0.3) is 0 Å². The zero-order valence-electron chi connectivity index (χ0n) is 22.5. The maximum Gasteiger partial charge on any atom is 0.162 e. The number of hydrogen-bond donors (Lipinski definition) is 2. The zero-order chi connectivity index (χ0) is 26.5. The first-order chi connectivity index (χ1) is 18.5. The molecule has 0 amide bonds. The number of likely N-dealkylation sites (N-methyl/N-ethyl adjacent to an activating group) is 1. The van der Waals surface area contributed by atoms with Crippen molar-refractivity contribution >= 4 is 5.82 Å². The SMILES string of the molecule is CNCC(O)COc1cccc(-c2nc(-c3c(C)noc3C)cc(N3CCN(CC4CCOC4)CC3)n2)c1. The van der Waals surface area contributed by atoms with E-state index in [2.05, 4.69) is 20.3 Å². The maximum atomic E-state index is 10.0. The van der Waals surface area contributed by atoms with Gasteiger partial charge in [-0.3, -0.25) is 4.90 Å². The zero-order valence-corrected chi connectivity index (χ0v) is 22.5. The largest absolute Gasteiger partial charge is 0.491 e. The number of aliphatic hydroxyl groups is 1. The molecule has 10 heteroatoms. The molecule has 2 aliphatic heterocycles. The molecule has 1 aromatic carbocycles. The van der Waals surface area contributed by atoms with Crippen molar-refractivity contribution in [3.05, 3.63) is 41.8 Å². The Morgan fingerprint density at radius 1 is 1.16 bits per heavy atom. The first kappa shape index (κ1) is 26.6. The second-order valence-electron chi connectivity index (χ2n) is 10.2. The Hall–Kier alpha value is -3.05. The fourth-order valence-corrected chi connectivity index (χ4v) is 5.17. The van der Waals surface area contributed by atoms with E-state index in [1.807, 2.05) is 44.2 Å². The summed E-state index contributed by atoms with van der Waals surface area (Å²) in [6.07, 6.45) is 0.572. The third-order valence-corrected chi connectivity index (χ3v) is 7.21. The van der Waals surface area contributed by atoms with Gasteiger partial charge in [0.2, 0.25) is 0 Å². The molecule has 4 heterocycles. The topological polar surface area (TPSA) is 109 Å². The van der Waals surface area contributed by atoms with Crippen molar-refractivity contribution in [1.29, 1.82) is 0 Å². The number of nitrogens with zero attached hydrogens (tertiary/aromatic N) is 5. The second-order valence-corrected chi connectivity index (χ2v) is 10.2. The quantitative estimate of drug-likeness (QED) is 0.412. The van der Waals surface area contributed by atoms with Gasteiger partial charge in [0, 0.05) is 57.5 Å². The number of ether oxygens (including phenoxy) is 2. The van der Waals surface area contributed by atoms with Crippen molar-refractivity contribution in [2.45, 2.75) is 26.4 Å². The van der Waals surface area contributed by atoms with Crippen molar-refractivity contribution in [1.82, 2.24) is 25.3 Å². The van der Waals surface area contributed by atoms with Gasteiger partial charge in [-0.25, -0.2) is 9.97 Å². The third kappa shape index (κ3) is 6.32. The van der Waals surface area contributed by atoms with Crippen LogP contribution in [0.15, 0.2) is 34.9 Å². The minimum absolute atomic E-state index is 0.201. The highest BCUT2D eigenvalue weighted by Gasteiger charge is 2.25. The predicted octanol–water partition coefficient (Wildman–Crippen LogP) is 2.53. The van der Waals surface area contributed by atoms with Crippen LogP contribution >= 0.6 is 0 Å². The highest BCUT2D eigenvalue weighted by molar-refractivity contribution is 5.71. The second kappa shape index (κ2) is 12.2. The summed E-state index contributed by atoms with van der Waals surface area (Å²) in [7, 11) is 1.80. The number of piperazine rings is 1. The van der Waals surface area contributed by atoms with Crippen LogP contribution in [0, 0.1) is 19.8 Å². The van der Waals surface area contributed by atoms with Crippen LogP contribution in [0.2, 0.25) is 0 Å². The average Bonchev–Trinajstić information content (AvgIpc) is 3.57. The minimum Gasteiger partial charge on any atom is -0.491 e. The van der Waals surface area contributed by atoms with Gasteiger partial charge in [-0.15, -0.1) is 0 Å².